The number of hydrogen-bond acceptors (Lipinski definition) is 2. The van der Waals surface area contributed by atoms with Crippen LogP contribution in [0, 0.1) is 29.1 Å². The topological polar surface area (TPSA) is 55.1 Å². The molecule has 0 fully saturated rings. The number of carbonyl (C=O) groups is 1. The van der Waals surface area contributed by atoms with Crippen LogP contribution in [0.4, 0.5) is 33.3 Å². The Hall–Kier alpha value is -2.64. The van der Waals surface area contributed by atoms with E-state index in [2.05, 4.69) is 0 Å². The number of amides is 1. The first-order valence-corrected chi connectivity index (χ1v) is 5.50. The minimum Gasteiger partial charge on any atom is -0.394 e. The SMILES string of the molecule is Nc1c(F)cc(C(=O)Nc2cc(F)c(F)cc2F)cc1F. The lowest BCUT2D eigenvalue weighted by molar-refractivity contribution is 0.102. The molecular formula is C13H7F5N2O. The first-order valence-electron chi connectivity index (χ1n) is 5.50. The third-order valence-electron chi connectivity index (χ3n) is 2.60. The Morgan fingerprint density at radius 2 is 1.33 bits per heavy atom. The molecule has 0 aliphatic rings. The molecule has 0 radical (unpaired) electrons. The summed E-state index contributed by atoms with van der Waals surface area (Å²) in [5.41, 5.74) is 3.09. The number of nitrogen functional groups attached to an aromatic ring is 1. The smallest absolute Gasteiger partial charge is 0.255 e. The van der Waals surface area contributed by atoms with Gasteiger partial charge in [0.05, 0.1) is 5.69 Å². The molecule has 8 heteroatoms. The van der Waals surface area contributed by atoms with Crippen molar-refractivity contribution >= 4 is 17.3 Å². The number of rotatable bonds is 2. The van der Waals surface area contributed by atoms with Gasteiger partial charge in [0, 0.05) is 17.7 Å². The van der Waals surface area contributed by atoms with Crippen molar-refractivity contribution in [3.05, 3.63) is 58.9 Å². The van der Waals surface area contributed by atoms with E-state index in [0.717, 1.165) is 0 Å². The molecule has 0 unspecified atom stereocenters. The third-order valence-corrected chi connectivity index (χ3v) is 2.60. The van der Waals surface area contributed by atoms with Crippen LogP contribution in [0.15, 0.2) is 24.3 Å². The Labute approximate surface area is 115 Å². The maximum Gasteiger partial charge on any atom is 0.255 e. The summed E-state index contributed by atoms with van der Waals surface area (Å²) >= 11 is 0. The van der Waals surface area contributed by atoms with Gasteiger partial charge < -0.3 is 11.1 Å². The van der Waals surface area contributed by atoms with Gasteiger partial charge in [0.1, 0.15) is 23.1 Å². The van der Waals surface area contributed by atoms with Crippen molar-refractivity contribution in [1.82, 2.24) is 0 Å². The third kappa shape index (κ3) is 2.93. The molecule has 0 atom stereocenters. The average molecular weight is 302 g/mol. The van der Waals surface area contributed by atoms with Crippen LogP contribution in [-0.2, 0) is 0 Å². The highest BCUT2D eigenvalue weighted by Gasteiger charge is 2.16. The first-order chi connectivity index (χ1) is 9.79. The molecule has 0 heterocycles. The van der Waals surface area contributed by atoms with Crippen LogP contribution in [0.1, 0.15) is 10.4 Å². The maximum absolute atomic E-state index is 13.3. The molecule has 2 aromatic rings. The van der Waals surface area contributed by atoms with Crippen molar-refractivity contribution in [1.29, 1.82) is 0 Å². The first kappa shape index (κ1) is 14.8. The van der Waals surface area contributed by atoms with Crippen molar-refractivity contribution < 1.29 is 26.7 Å². The highest BCUT2D eigenvalue weighted by Crippen LogP contribution is 2.21. The molecular weight excluding hydrogens is 295 g/mol. The fourth-order valence-electron chi connectivity index (χ4n) is 1.53. The second kappa shape index (κ2) is 5.39. The second-order valence-electron chi connectivity index (χ2n) is 4.05. The van der Waals surface area contributed by atoms with Gasteiger partial charge in [0.25, 0.3) is 5.91 Å². The summed E-state index contributed by atoms with van der Waals surface area (Å²) < 4.78 is 65.4. The predicted molar refractivity (Wildman–Crippen MR) is 65.0 cm³/mol. The second-order valence-corrected chi connectivity index (χ2v) is 4.05. The molecule has 3 N–H and O–H groups in total. The van der Waals surface area contributed by atoms with Crippen LogP contribution in [0.3, 0.4) is 0 Å². The van der Waals surface area contributed by atoms with Gasteiger partial charge in [-0.2, -0.15) is 0 Å². The number of anilines is 2. The maximum atomic E-state index is 13.3. The van der Waals surface area contributed by atoms with Gasteiger partial charge in [0.2, 0.25) is 0 Å². The minimum atomic E-state index is -1.44. The van der Waals surface area contributed by atoms with E-state index >= 15 is 0 Å². The summed E-state index contributed by atoms with van der Waals surface area (Å²) in [6.07, 6.45) is 0. The number of nitrogens with one attached hydrogen (secondary N) is 1. The zero-order chi connectivity index (χ0) is 15.7. The average Bonchev–Trinajstić information content (AvgIpc) is 2.41. The molecule has 0 saturated heterocycles. The number of carbonyl (C=O) groups excluding carboxylic acids is 1. The number of hydrogen-bond donors (Lipinski definition) is 2. The highest BCUT2D eigenvalue weighted by molar-refractivity contribution is 6.04. The molecule has 0 saturated carbocycles. The Balaban J connectivity index is 2.32. The highest BCUT2D eigenvalue weighted by atomic mass is 19.2. The van der Waals surface area contributed by atoms with Crippen molar-refractivity contribution in [2.24, 2.45) is 0 Å². The Morgan fingerprint density at radius 1 is 0.810 bits per heavy atom. The lowest BCUT2D eigenvalue weighted by atomic mass is 10.1. The van der Waals surface area contributed by atoms with Crippen LogP contribution < -0.4 is 11.1 Å². The van der Waals surface area contributed by atoms with Gasteiger partial charge in [-0.25, -0.2) is 22.0 Å². The molecule has 0 aromatic heterocycles. The molecule has 3 nitrogen and oxygen atoms in total. The van der Waals surface area contributed by atoms with E-state index in [1.165, 1.54) is 0 Å². The number of benzene rings is 2. The standard InChI is InChI=1S/C13H7F5N2O/c14-6-3-8(16)11(4-7(6)15)20-13(21)5-1-9(17)12(19)10(18)2-5/h1-4H,19H2,(H,20,21). The Kier molecular flexibility index (Phi) is 3.79. The van der Waals surface area contributed by atoms with Crippen LogP contribution in [0.25, 0.3) is 0 Å². The van der Waals surface area contributed by atoms with E-state index in [9.17, 15) is 26.7 Å². The molecule has 110 valence electrons. The van der Waals surface area contributed by atoms with Gasteiger partial charge in [-0.05, 0) is 12.1 Å². The Morgan fingerprint density at radius 3 is 1.90 bits per heavy atom. The van der Waals surface area contributed by atoms with Crippen molar-refractivity contribution in [2.45, 2.75) is 0 Å². The lowest BCUT2D eigenvalue weighted by Crippen LogP contribution is -2.15. The quantitative estimate of drug-likeness (QED) is 0.508. The van der Waals surface area contributed by atoms with E-state index < -0.39 is 51.9 Å². The fraction of sp³-hybridized carbons (Fsp3) is 0. The molecule has 0 bridgehead atoms. The summed E-state index contributed by atoms with van der Waals surface area (Å²) in [5, 5.41) is 1.87. The molecule has 0 aliphatic carbocycles. The van der Waals surface area contributed by atoms with E-state index in [0.29, 0.717) is 18.2 Å². The van der Waals surface area contributed by atoms with Crippen molar-refractivity contribution in [2.75, 3.05) is 11.1 Å². The fourth-order valence-corrected chi connectivity index (χ4v) is 1.53. The zero-order valence-corrected chi connectivity index (χ0v) is 10.2. The normalized spacial score (nSPS) is 10.5. The van der Waals surface area contributed by atoms with Crippen LogP contribution in [-0.4, -0.2) is 5.91 Å². The molecule has 0 aliphatic heterocycles. The summed E-state index contributed by atoms with van der Waals surface area (Å²) in [5.74, 6) is -7.52. The van der Waals surface area contributed by atoms with Crippen molar-refractivity contribution in [3.8, 4) is 0 Å². The van der Waals surface area contributed by atoms with Gasteiger partial charge in [0.15, 0.2) is 11.6 Å². The van der Waals surface area contributed by atoms with Crippen LogP contribution in [0.2, 0.25) is 0 Å². The molecule has 1 amide bonds. The number of halogens is 5. The van der Waals surface area contributed by atoms with E-state index in [1.807, 2.05) is 5.32 Å². The minimum absolute atomic E-state index is 0.231. The molecule has 21 heavy (non-hydrogen) atoms. The largest absolute Gasteiger partial charge is 0.394 e. The van der Waals surface area contributed by atoms with Crippen LogP contribution >= 0.6 is 0 Å². The molecule has 0 spiro atoms. The van der Waals surface area contributed by atoms with E-state index in [1.54, 1.807) is 0 Å². The predicted octanol–water partition coefficient (Wildman–Crippen LogP) is 3.22. The van der Waals surface area contributed by atoms with Crippen molar-refractivity contribution in [3.63, 3.8) is 0 Å². The summed E-state index contributed by atoms with van der Waals surface area (Å²) in [7, 11) is 0. The van der Waals surface area contributed by atoms with Gasteiger partial charge in [-0.3, -0.25) is 4.79 Å². The summed E-state index contributed by atoms with van der Waals surface area (Å²) in [4.78, 5) is 11.7. The molecule has 2 rings (SSSR count). The monoisotopic (exact) mass is 302 g/mol. The zero-order valence-electron chi connectivity index (χ0n) is 10.2. The van der Waals surface area contributed by atoms with Crippen LogP contribution in [0.5, 0.6) is 0 Å². The summed E-state index contributed by atoms with van der Waals surface area (Å²) in [6, 6.07) is 1.90. The van der Waals surface area contributed by atoms with Gasteiger partial charge >= 0.3 is 0 Å². The summed E-state index contributed by atoms with van der Waals surface area (Å²) in [6.45, 7) is 0. The van der Waals surface area contributed by atoms with E-state index in [-0.39, 0.29) is 6.07 Å². The number of nitrogens with two attached hydrogens (primary N) is 1. The van der Waals surface area contributed by atoms with Gasteiger partial charge in [-0.15, -0.1) is 0 Å². The van der Waals surface area contributed by atoms with E-state index in [4.69, 9.17) is 5.73 Å². The lowest BCUT2D eigenvalue weighted by Gasteiger charge is -2.08. The van der Waals surface area contributed by atoms with Gasteiger partial charge in [-0.1, -0.05) is 0 Å². The molecule has 2 aromatic carbocycles. The Bertz CT molecular complexity index is 710.